The molecular weight excluding hydrogens is 432 g/mol. The van der Waals surface area contributed by atoms with Crippen LogP contribution in [0, 0.1) is 0 Å². The van der Waals surface area contributed by atoms with Crippen LogP contribution in [-0.4, -0.2) is 71.4 Å². The van der Waals surface area contributed by atoms with Crippen LogP contribution < -0.4 is 0 Å². The summed E-state index contributed by atoms with van der Waals surface area (Å²) < 4.78 is 6.50. The predicted molar refractivity (Wildman–Crippen MR) is 110 cm³/mol. The van der Waals surface area contributed by atoms with Gasteiger partial charge >= 0.3 is 0 Å². The number of amides is 3. The summed E-state index contributed by atoms with van der Waals surface area (Å²) in [4.78, 5) is 40.6. The van der Waals surface area contributed by atoms with E-state index in [0.29, 0.717) is 25.1 Å². The van der Waals surface area contributed by atoms with E-state index in [1.165, 1.54) is 4.90 Å². The van der Waals surface area contributed by atoms with Gasteiger partial charge in [0.25, 0.3) is 11.8 Å². The zero-order valence-corrected chi connectivity index (χ0v) is 18.3. The maximum absolute atomic E-state index is 12.9. The molecule has 0 N–H and O–H groups in total. The zero-order chi connectivity index (χ0) is 19.8. The van der Waals surface area contributed by atoms with Crippen molar-refractivity contribution in [2.75, 3.05) is 37.9 Å². The molecule has 1 unspecified atom stereocenters. The van der Waals surface area contributed by atoms with Gasteiger partial charge in [-0.1, -0.05) is 15.9 Å². The summed E-state index contributed by atoms with van der Waals surface area (Å²) in [5, 5.41) is 0. The van der Waals surface area contributed by atoms with Crippen LogP contribution in [0.25, 0.3) is 0 Å². The number of rotatable bonds is 6. The number of imide groups is 1. The molecule has 0 radical (unpaired) electrons. The molecule has 0 aromatic heterocycles. The molecule has 1 aromatic carbocycles. The normalized spacial score (nSPS) is 21.0. The Morgan fingerprint density at radius 2 is 1.96 bits per heavy atom. The summed E-state index contributed by atoms with van der Waals surface area (Å²) in [6.45, 7) is 0.868. The molecule has 3 amide bonds. The summed E-state index contributed by atoms with van der Waals surface area (Å²) in [5.41, 5.74) is 1.52. The number of likely N-dealkylation sites (tertiary alicyclic amines) is 1. The number of carbonyl (C=O) groups excluding carboxylic acids is 3. The lowest BCUT2D eigenvalue weighted by molar-refractivity contribution is -0.158. The first-order chi connectivity index (χ1) is 12.7. The molecule has 148 valence electrons. The van der Waals surface area contributed by atoms with Crippen molar-refractivity contribution in [1.82, 2.24) is 9.80 Å². The molecule has 0 bridgehead atoms. The largest absolute Gasteiger partial charge is 0.360 e. The highest BCUT2D eigenvalue weighted by atomic mass is 79.9. The minimum atomic E-state index is -0.690. The Hall–Kier alpha value is -1.38. The van der Waals surface area contributed by atoms with Gasteiger partial charge in [-0.3, -0.25) is 19.3 Å². The Bertz CT molecular complexity index is 777. The van der Waals surface area contributed by atoms with Crippen molar-refractivity contribution in [3.05, 3.63) is 33.8 Å². The van der Waals surface area contributed by atoms with Crippen LogP contribution in [0.2, 0.25) is 0 Å². The standard InChI is InChI=1S/C19H25BrN2O4S/c1-27(2,3)9-8-26-12-22-17(23)7-6-16(19(22)25)21-11-13-10-14(20)4-5-15(13)18(21)24/h4-5,10,16H,6-9,11-12H2,1-3H3. The van der Waals surface area contributed by atoms with Crippen molar-refractivity contribution in [2.24, 2.45) is 0 Å². The third kappa shape index (κ3) is 4.55. The monoisotopic (exact) mass is 456 g/mol. The SMILES string of the molecule is CS(C)(C)CCOCN1C(=O)CCC(N2Cc3cc(Br)ccc3C2=O)C1=O. The summed E-state index contributed by atoms with van der Waals surface area (Å²) in [6.07, 6.45) is 7.19. The number of halogens is 1. The minimum absolute atomic E-state index is 0.0375. The van der Waals surface area contributed by atoms with Crippen LogP contribution in [0.4, 0.5) is 0 Å². The quantitative estimate of drug-likeness (QED) is 0.487. The predicted octanol–water partition coefficient (Wildman–Crippen LogP) is 2.59. The molecular formula is C19H25BrN2O4S. The van der Waals surface area contributed by atoms with E-state index < -0.39 is 16.1 Å². The number of carbonyl (C=O) groups is 3. The molecule has 0 spiro atoms. The van der Waals surface area contributed by atoms with Gasteiger partial charge in [0, 0.05) is 28.8 Å². The van der Waals surface area contributed by atoms with Gasteiger partial charge in [0.05, 0.1) is 6.61 Å². The van der Waals surface area contributed by atoms with Gasteiger partial charge < -0.3 is 9.64 Å². The van der Waals surface area contributed by atoms with Gasteiger partial charge in [-0.25, -0.2) is 10.0 Å². The Morgan fingerprint density at radius 3 is 2.67 bits per heavy atom. The molecule has 6 nitrogen and oxygen atoms in total. The number of nitrogens with zero attached hydrogens (tertiary/aromatic N) is 2. The van der Waals surface area contributed by atoms with Crippen molar-refractivity contribution in [2.45, 2.75) is 25.4 Å². The van der Waals surface area contributed by atoms with Crippen molar-refractivity contribution in [3.8, 4) is 0 Å². The van der Waals surface area contributed by atoms with Gasteiger partial charge in [-0.15, -0.1) is 0 Å². The first kappa shape index (κ1) is 20.4. The maximum atomic E-state index is 12.9. The third-order valence-corrected chi connectivity index (χ3v) is 6.70. The van der Waals surface area contributed by atoms with Crippen LogP contribution in [-0.2, 0) is 20.9 Å². The number of fused-ring (bicyclic) bond motifs is 1. The van der Waals surface area contributed by atoms with Crippen molar-refractivity contribution in [1.29, 1.82) is 0 Å². The van der Waals surface area contributed by atoms with Gasteiger partial charge in [-0.2, -0.15) is 0 Å². The van der Waals surface area contributed by atoms with E-state index in [1.54, 1.807) is 11.0 Å². The summed E-state index contributed by atoms with van der Waals surface area (Å²) in [7, 11) is -0.690. The number of piperidine rings is 1. The van der Waals surface area contributed by atoms with Crippen molar-refractivity contribution < 1.29 is 19.1 Å². The number of ether oxygens (including phenoxy) is 1. The third-order valence-electron chi connectivity index (χ3n) is 4.82. The fourth-order valence-electron chi connectivity index (χ4n) is 3.27. The number of hydrogen-bond acceptors (Lipinski definition) is 4. The van der Waals surface area contributed by atoms with E-state index in [1.807, 2.05) is 12.1 Å². The second-order valence-corrected chi connectivity index (χ2v) is 13.3. The Balaban J connectivity index is 1.66. The molecule has 1 saturated heterocycles. The van der Waals surface area contributed by atoms with E-state index in [2.05, 4.69) is 34.7 Å². The van der Waals surface area contributed by atoms with E-state index in [9.17, 15) is 14.4 Å². The molecule has 0 aliphatic carbocycles. The minimum Gasteiger partial charge on any atom is -0.360 e. The van der Waals surface area contributed by atoms with Crippen LogP contribution in [0.15, 0.2) is 22.7 Å². The van der Waals surface area contributed by atoms with Crippen molar-refractivity contribution in [3.63, 3.8) is 0 Å². The number of hydrogen-bond donors (Lipinski definition) is 0. The van der Waals surface area contributed by atoms with Crippen molar-refractivity contribution >= 4 is 43.7 Å². The second kappa shape index (κ2) is 7.93. The highest BCUT2D eigenvalue weighted by Gasteiger charge is 2.42. The fraction of sp³-hybridized carbons (Fsp3) is 0.526. The summed E-state index contributed by atoms with van der Waals surface area (Å²) in [6, 6.07) is 4.89. The molecule has 27 heavy (non-hydrogen) atoms. The first-order valence-corrected chi connectivity index (χ1v) is 12.7. The van der Waals surface area contributed by atoms with Gasteiger partial charge in [-0.05, 0) is 49.0 Å². The van der Waals surface area contributed by atoms with Gasteiger partial charge in [0.2, 0.25) is 5.91 Å². The van der Waals surface area contributed by atoms with E-state index >= 15 is 0 Å². The van der Waals surface area contributed by atoms with Crippen LogP contribution >= 0.6 is 26.0 Å². The smallest absolute Gasteiger partial charge is 0.255 e. The molecule has 1 atom stereocenters. The molecule has 2 aliphatic heterocycles. The molecule has 0 saturated carbocycles. The molecule has 1 aromatic rings. The van der Waals surface area contributed by atoms with E-state index in [4.69, 9.17) is 4.74 Å². The lowest BCUT2D eigenvalue weighted by atomic mass is 10.0. The molecule has 2 aliphatic rings. The van der Waals surface area contributed by atoms with Crippen LogP contribution in [0.1, 0.15) is 28.8 Å². The molecule has 2 heterocycles. The Labute approximate surface area is 169 Å². The molecule has 1 fully saturated rings. The average Bonchev–Trinajstić information content (AvgIpc) is 2.89. The first-order valence-electron chi connectivity index (χ1n) is 8.85. The Kier molecular flexibility index (Phi) is 5.98. The average molecular weight is 457 g/mol. The Morgan fingerprint density at radius 1 is 1.22 bits per heavy atom. The topological polar surface area (TPSA) is 66.9 Å². The lowest BCUT2D eigenvalue weighted by Crippen LogP contribution is -2.55. The second-order valence-electron chi connectivity index (χ2n) is 7.78. The van der Waals surface area contributed by atoms with Gasteiger partial charge in [0.15, 0.2) is 0 Å². The van der Waals surface area contributed by atoms with E-state index in [0.717, 1.165) is 15.8 Å². The maximum Gasteiger partial charge on any atom is 0.255 e. The number of benzene rings is 1. The fourth-order valence-corrected chi connectivity index (χ4v) is 4.30. The van der Waals surface area contributed by atoms with Crippen LogP contribution in [0.3, 0.4) is 0 Å². The lowest BCUT2D eigenvalue weighted by Gasteiger charge is -2.35. The summed E-state index contributed by atoms with van der Waals surface area (Å²) >= 11 is 3.41. The zero-order valence-electron chi connectivity index (χ0n) is 15.9. The van der Waals surface area contributed by atoms with E-state index in [-0.39, 0.29) is 30.9 Å². The highest BCUT2D eigenvalue weighted by Crippen LogP contribution is 2.34. The highest BCUT2D eigenvalue weighted by molar-refractivity contribution is 9.10. The van der Waals surface area contributed by atoms with Gasteiger partial charge in [0.1, 0.15) is 12.8 Å². The summed E-state index contributed by atoms with van der Waals surface area (Å²) in [5.74, 6) is 0.199. The molecule has 3 rings (SSSR count). The van der Waals surface area contributed by atoms with Crippen LogP contribution in [0.5, 0.6) is 0 Å². The molecule has 8 heteroatoms.